The van der Waals surface area contributed by atoms with E-state index in [0.29, 0.717) is 38.7 Å². The van der Waals surface area contributed by atoms with E-state index >= 15 is 0 Å². The lowest BCUT2D eigenvalue weighted by molar-refractivity contribution is 0.734. The van der Waals surface area contributed by atoms with Crippen LogP contribution in [0.2, 0.25) is 5.15 Å². The zero-order valence-electron chi connectivity index (χ0n) is 34.7. The van der Waals surface area contributed by atoms with E-state index in [4.69, 9.17) is 28.8 Å². The third-order valence-corrected chi connectivity index (χ3v) is 10.7. The summed E-state index contributed by atoms with van der Waals surface area (Å²) in [6.07, 6.45) is 3.04. The lowest BCUT2D eigenvalue weighted by Crippen LogP contribution is -2.26. The van der Waals surface area contributed by atoms with Crippen LogP contribution in [0.15, 0.2) is 131 Å². The molecule has 0 radical (unpaired) electrons. The van der Waals surface area contributed by atoms with Crippen molar-refractivity contribution in [1.29, 1.82) is 0 Å². The van der Waals surface area contributed by atoms with E-state index in [9.17, 15) is 9.59 Å². The predicted molar refractivity (Wildman–Crippen MR) is 250 cm³/mol. The summed E-state index contributed by atoms with van der Waals surface area (Å²) in [6, 6.07) is 34.6. The van der Waals surface area contributed by atoms with Gasteiger partial charge in [0.15, 0.2) is 22.3 Å². The van der Waals surface area contributed by atoms with Gasteiger partial charge in [-0.15, -0.1) is 0 Å². The van der Waals surface area contributed by atoms with E-state index in [1.807, 2.05) is 137 Å². The van der Waals surface area contributed by atoms with Crippen LogP contribution in [-0.2, 0) is 0 Å². The molecule has 2 atom stereocenters. The fraction of sp³-hybridized carbons (Fsp3) is 0.130. The Hall–Kier alpha value is -7.95. The largest absolute Gasteiger partial charge is 0.368 e. The molecule has 0 unspecified atom stereocenters. The number of hydrogen-bond acceptors (Lipinski definition) is 12. The minimum atomic E-state index is -0.265. The van der Waals surface area contributed by atoms with Gasteiger partial charge < -0.3 is 32.5 Å². The zero-order chi connectivity index (χ0) is 44.4. The molecule has 0 bridgehead atoms. The number of rotatable bonds is 6. The zero-order valence-corrected chi connectivity index (χ0v) is 35.5. The van der Waals surface area contributed by atoms with Gasteiger partial charge in [-0.25, -0.2) is 9.97 Å². The number of fused-ring (bicyclic) bond motifs is 4. The van der Waals surface area contributed by atoms with E-state index < -0.39 is 0 Å². The molecule has 0 saturated carbocycles. The number of anilines is 3. The van der Waals surface area contributed by atoms with Crippen molar-refractivity contribution in [2.24, 2.45) is 5.73 Å². The second-order valence-electron chi connectivity index (χ2n) is 14.8. The molecule has 6 heterocycles. The number of nitrogens with one attached hydrogen (secondary N) is 3. The molecule has 10 rings (SSSR count). The number of imidazole rings is 2. The van der Waals surface area contributed by atoms with E-state index in [1.165, 1.54) is 6.33 Å². The van der Waals surface area contributed by atoms with Gasteiger partial charge in [0, 0.05) is 28.8 Å². The maximum atomic E-state index is 13.6. The number of aromatic nitrogens is 10. The lowest BCUT2D eigenvalue weighted by atomic mass is 10.0. The first-order valence-corrected chi connectivity index (χ1v) is 20.3. The van der Waals surface area contributed by atoms with E-state index in [-0.39, 0.29) is 35.1 Å². The van der Waals surface area contributed by atoms with E-state index in [0.717, 1.165) is 50.0 Å². The molecule has 0 aliphatic heterocycles. The molecule has 63 heavy (non-hydrogen) atoms. The predicted octanol–water partition coefficient (Wildman–Crippen LogP) is 7.63. The number of pyridine rings is 2. The molecule has 316 valence electrons. The molecule has 0 amide bonds. The summed E-state index contributed by atoms with van der Waals surface area (Å²) in [4.78, 5) is 56.5. The highest BCUT2D eigenvalue weighted by molar-refractivity contribution is 6.33. The monoisotopic (exact) mass is 858 g/mol. The summed E-state index contributed by atoms with van der Waals surface area (Å²) in [7, 11) is 0. The van der Waals surface area contributed by atoms with Crippen LogP contribution in [0.4, 0.5) is 17.7 Å². The molecular weight excluding hydrogens is 816 g/mol. The van der Waals surface area contributed by atoms with Crippen molar-refractivity contribution in [1.82, 2.24) is 49.0 Å². The molecule has 0 fully saturated rings. The molecule has 4 aromatic carbocycles. The molecule has 17 heteroatoms. The summed E-state index contributed by atoms with van der Waals surface area (Å²) in [5.74, 6) is 0.794. The number of nitrogens with two attached hydrogens (primary N) is 3. The summed E-state index contributed by atoms with van der Waals surface area (Å²) in [5, 5.41) is 6.99. The Kier molecular flexibility index (Phi) is 11.6. The SMILES string of the molecule is Cc1cccc2cc([C@H](C)N)n(-c3ccccc3)c(=O)c12.Cc1cccc2cc([C@H](C)Nc3nc(N)nc4nc[nH]c34)n(-c3ccccc3)c(=O)c12.Nc1nc(Cl)c2[nH]cnc2n1. The van der Waals surface area contributed by atoms with Crippen LogP contribution in [-0.4, -0.2) is 49.0 Å². The molecule has 10 aromatic rings. The normalized spacial score (nSPS) is 12.1. The highest BCUT2D eigenvalue weighted by Crippen LogP contribution is 2.28. The number of halogens is 1. The molecule has 16 nitrogen and oxygen atoms in total. The van der Waals surface area contributed by atoms with Gasteiger partial charge >= 0.3 is 0 Å². The Labute approximate surface area is 364 Å². The maximum absolute atomic E-state index is 13.6. The van der Waals surface area contributed by atoms with Gasteiger partial charge in [-0.2, -0.15) is 19.9 Å². The first-order chi connectivity index (χ1) is 30.4. The third kappa shape index (κ3) is 8.40. The molecular formula is C46H43ClN14O2. The number of hydrogen-bond donors (Lipinski definition) is 6. The Morgan fingerprint density at radius 2 is 1.10 bits per heavy atom. The quantitative estimate of drug-likeness (QED) is 0.0885. The Balaban J connectivity index is 0.000000146. The van der Waals surface area contributed by atoms with Crippen LogP contribution in [0, 0.1) is 13.8 Å². The Morgan fingerprint density at radius 3 is 1.63 bits per heavy atom. The van der Waals surface area contributed by atoms with Gasteiger partial charge in [-0.1, -0.05) is 84.4 Å². The van der Waals surface area contributed by atoms with Gasteiger partial charge in [-0.05, 0) is 86.0 Å². The summed E-state index contributed by atoms with van der Waals surface area (Å²) >= 11 is 5.70. The van der Waals surface area contributed by atoms with Gasteiger partial charge in [-0.3, -0.25) is 18.7 Å². The molecule has 0 aliphatic carbocycles. The minimum absolute atomic E-state index is 0.0101. The van der Waals surface area contributed by atoms with Crippen molar-refractivity contribution in [2.45, 2.75) is 39.8 Å². The van der Waals surface area contributed by atoms with Gasteiger partial charge in [0.1, 0.15) is 11.0 Å². The average Bonchev–Trinajstić information content (AvgIpc) is 3.95. The van der Waals surface area contributed by atoms with Crippen molar-refractivity contribution >= 4 is 73.2 Å². The summed E-state index contributed by atoms with van der Waals surface area (Å²) in [5.41, 5.74) is 24.7. The molecule has 0 spiro atoms. The van der Waals surface area contributed by atoms with Crippen molar-refractivity contribution in [3.05, 3.63) is 170 Å². The standard InChI is InChI=1S/C23H21N7O.C18H18N2O.C5H4ClN5/c1-13-7-6-8-15-11-17(30(22(31)18(13)15)16-9-4-3-5-10-16)14(2)27-21-19-20(26-12-25-19)28-23(24)29-21;1-12-7-6-8-14-11-16(13(2)19)20(18(21)17(12)14)15-9-4-3-5-10-15;6-3-2-4(9-1-8-2)11-5(7)10-3/h3-12,14H,1-2H3,(H4,24,25,26,27,28,29);3-11,13H,19H2,1-2H3;1H,(H3,7,8,9,10,11)/t14-;13-;/m00./s1. The Morgan fingerprint density at radius 1 is 0.619 bits per heavy atom. The number of aromatic amines is 2. The lowest BCUT2D eigenvalue weighted by Gasteiger charge is -2.22. The summed E-state index contributed by atoms with van der Waals surface area (Å²) in [6.45, 7) is 7.80. The van der Waals surface area contributed by atoms with Crippen molar-refractivity contribution in [3.8, 4) is 11.4 Å². The second kappa shape index (κ2) is 17.6. The molecule has 0 aliphatic rings. The smallest absolute Gasteiger partial charge is 0.263 e. The number of nitrogen functional groups attached to an aromatic ring is 2. The third-order valence-electron chi connectivity index (χ3n) is 10.4. The fourth-order valence-corrected chi connectivity index (χ4v) is 7.72. The van der Waals surface area contributed by atoms with Crippen LogP contribution in [0.5, 0.6) is 0 Å². The first kappa shape index (κ1) is 41.8. The highest BCUT2D eigenvalue weighted by atomic mass is 35.5. The van der Waals surface area contributed by atoms with E-state index in [2.05, 4.69) is 45.2 Å². The van der Waals surface area contributed by atoms with Gasteiger partial charge in [0.25, 0.3) is 11.1 Å². The summed E-state index contributed by atoms with van der Waals surface area (Å²) < 4.78 is 3.47. The van der Waals surface area contributed by atoms with Crippen molar-refractivity contribution < 1.29 is 0 Å². The average molecular weight is 859 g/mol. The molecule has 6 aromatic heterocycles. The molecule has 9 N–H and O–H groups in total. The number of benzene rings is 4. The van der Waals surface area contributed by atoms with Crippen LogP contribution < -0.4 is 33.6 Å². The topological polar surface area (TPSA) is 243 Å². The minimum Gasteiger partial charge on any atom is -0.368 e. The number of nitrogens with zero attached hydrogens (tertiary/aromatic N) is 8. The van der Waals surface area contributed by atoms with Crippen LogP contribution in [0.25, 0.3) is 55.2 Å². The van der Waals surface area contributed by atoms with E-state index in [1.54, 1.807) is 15.5 Å². The first-order valence-electron chi connectivity index (χ1n) is 19.9. The van der Waals surface area contributed by atoms with Gasteiger partial charge in [0.05, 0.1) is 29.5 Å². The van der Waals surface area contributed by atoms with Crippen molar-refractivity contribution in [3.63, 3.8) is 0 Å². The molecule has 0 saturated heterocycles. The fourth-order valence-electron chi connectivity index (χ4n) is 7.50. The van der Waals surface area contributed by atoms with Crippen molar-refractivity contribution in [2.75, 3.05) is 16.8 Å². The number of aryl methyl sites for hydroxylation is 2. The van der Waals surface area contributed by atoms with Crippen LogP contribution in [0.1, 0.15) is 48.4 Å². The highest BCUT2D eigenvalue weighted by Gasteiger charge is 2.20. The Bertz CT molecular complexity index is 3380. The second-order valence-corrected chi connectivity index (χ2v) is 15.2. The van der Waals surface area contributed by atoms with Gasteiger partial charge in [0.2, 0.25) is 11.9 Å². The maximum Gasteiger partial charge on any atom is 0.263 e. The number of para-hydroxylation sites is 2. The number of H-pyrrole nitrogens is 2. The van der Waals surface area contributed by atoms with Crippen LogP contribution >= 0.6 is 11.6 Å². The van der Waals surface area contributed by atoms with Crippen LogP contribution in [0.3, 0.4) is 0 Å².